The monoisotopic (exact) mass is 223 g/mol. The average molecular weight is 223 g/mol. The smallest absolute Gasteiger partial charge is 0.358 e. The first-order chi connectivity index (χ1) is 7.39. The summed E-state index contributed by atoms with van der Waals surface area (Å²) < 4.78 is 6.35. The van der Waals surface area contributed by atoms with Crippen molar-refractivity contribution in [3.63, 3.8) is 0 Å². The number of carbonyl (C=O) groups excluding carboxylic acids is 1. The van der Waals surface area contributed by atoms with Crippen LogP contribution >= 0.6 is 0 Å². The summed E-state index contributed by atoms with van der Waals surface area (Å²) in [4.78, 5) is 11.3. The number of rotatable bonds is 2. The number of aromatic nitrogens is 2. The van der Waals surface area contributed by atoms with Crippen molar-refractivity contribution in [2.75, 3.05) is 7.11 Å². The fourth-order valence-electron chi connectivity index (χ4n) is 2.22. The molecule has 1 aliphatic rings. The molecule has 2 rings (SSSR count). The van der Waals surface area contributed by atoms with Crippen molar-refractivity contribution >= 4 is 5.97 Å². The van der Waals surface area contributed by atoms with E-state index in [9.17, 15) is 4.79 Å². The number of nitrogens with two attached hydrogens (primary N) is 1. The quantitative estimate of drug-likeness (QED) is 0.748. The first-order valence-electron chi connectivity index (χ1n) is 5.27. The molecule has 2 N–H and O–H groups in total. The maximum absolute atomic E-state index is 11.3. The molecule has 1 saturated carbocycles. The minimum atomic E-state index is -0.408. The second-order valence-electron chi connectivity index (χ2n) is 4.89. The van der Waals surface area contributed by atoms with Gasteiger partial charge in [0.15, 0.2) is 5.69 Å². The van der Waals surface area contributed by atoms with Gasteiger partial charge in [0.2, 0.25) is 0 Å². The Balaban J connectivity index is 2.31. The van der Waals surface area contributed by atoms with E-state index in [1.165, 1.54) is 7.11 Å². The Hall–Kier alpha value is -1.36. The van der Waals surface area contributed by atoms with E-state index < -0.39 is 5.97 Å². The van der Waals surface area contributed by atoms with Crippen LogP contribution in [0.15, 0.2) is 6.07 Å². The summed E-state index contributed by atoms with van der Waals surface area (Å²) in [5, 5.41) is 4.13. The molecule has 0 aliphatic heterocycles. The van der Waals surface area contributed by atoms with Gasteiger partial charge in [0.05, 0.1) is 7.11 Å². The maximum Gasteiger partial charge on any atom is 0.358 e. The zero-order valence-corrected chi connectivity index (χ0v) is 10.0. The number of methoxy groups -OCH3 is 1. The van der Waals surface area contributed by atoms with E-state index in [2.05, 4.69) is 23.7 Å². The predicted molar refractivity (Wildman–Crippen MR) is 59.0 cm³/mol. The summed E-state index contributed by atoms with van der Waals surface area (Å²) in [6.07, 6.45) is 0. The lowest BCUT2D eigenvalue weighted by Crippen LogP contribution is -2.07. The molecule has 88 valence electrons. The van der Waals surface area contributed by atoms with Crippen molar-refractivity contribution in [1.29, 1.82) is 0 Å². The molecule has 0 saturated heterocycles. The number of hydrogen-bond donors (Lipinski definition) is 1. The summed E-state index contributed by atoms with van der Waals surface area (Å²) in [7, 11) is 3.17. The van der Waals surface area contributed by atoms with Crippen LogP contribution in [0.3, 0.4) is 0 Å². The van der Waals surface area contributed by atoms with Crippen molar-refractivity contribution in [2.24, 2.45) is 18.2 Å². The number of ether oxygens (including phenoxy) is 1. The minimum absolute atomic E-state index is 0.0845. The lowest BCUT2D eigenvalue weighted by molar-refractivity contribution is 0.0593. The highest BCUT2D eigenvalue weighted by molar-refractivity contribution is 5.87. The third-order valence-corrected chi connectivity index (χ3v) is 3.54. The fraction of sp³-hybridized carbons (Fsp3) is 0.636. The first kappa shape index (κ1) is 11.1. The molecule has 5 heteroatoms. The van der Waals surface area contributed by atoms with Gasteiger partial charge in [-0.1, -0.05) is 13.8 Å². The number of hydrogen-bond acceptors (Lipinski definition) is 4. The molecule has 2 atom stereocenters. The van der Waals surface area contributed by atoms with Crippen LogP contribution in [0.1, 0.15) is 35.9 Å². The van der Waals surface area contributed by atoms with Crippen molar-refractivity contribution in [1.82, 2.24) is 9.78 Å². The van der Waals surface area contributed by atoms with E-state index in [1.54, 1.807) is 10.7 Å². The minimum Gasteiger partial charge on any atom is -0.464 e. The standard InChI is InChI=1S/C11H17N3O2/c1-11(2)8(9(11)12)7-5-6(10(15)16-4)13-14(7)3/h5,8-9H,12H2,1-4H3/t8-,9-/m1/s1. The van der Waals surface area contributed by atoms with Crippen molar-refractivity contribution in [2.45, 2.75) is 25.8 Å². The molecule has 0 aromatic carbocycles. The lowest BCUT2D eigenvalue weighted by atomic mass is 10.1. The van der Waals surface area contributed by atoms with Crippen LogP contribution in [0, 0.1) is 5.41 Å². The molecule has 5 nitrogen and oxygen atoms in total. The van der Waals surface area contributed by atoms with Crippen LogP contribution < -0.4 is 5.73 Å². The largest absolute Gasteiger partial charge is 0.464 e. The maximum atomic E-state index is 11.3. The second kappa shape index (κ2) is 3.31. The molecular weight excluding hydrogens is 206 g/mol. The van der Waals surface area contributed by atoms with Crippen LogP contribution in [-0.2, 0) is 11.8 Å². The Morgan fingerprint density at radius 3 is 2.62 bits per heavy atom. The molecule has 16 heavy (non-hydrogen) atoms. The van der Waals surface area contributed by atoms with Gasteiger partial charge in [-0.25, -0.2) is 4.79 Å². The molecule has 0 unspecified atom stereocenters. The summed E-state index contributed by atoms with van der Waals surface area (Å²) in [6.45, 7) is 4.24. The van der Waals surface area contributed by atoms with E-state index in [4.69, 9.17) is 5.73 Å². The zero-order chi connectivity index (χ0) is 12.1. The Kier molecular flexibility index (Phi) is 2.31. The molecule has 1 heterocycles. The van der Waals surface area contributed by atoms with Crippen LogP contribution in [0.25, 0.3) is 0 Å². The van der Waals surface area contributed by atoms with E-state index in [-0.39, 0.29) is 17.4 Å². The Labute approximate surface area is 94.6 Å². The zero-order valence-electron chi connectivity index (χ0n) is 10.0. The van der Waals surface area contributed by atoms with Crippen molar-refractivity contribution < 1.29 is 9.53 Å². The number of aryl methyl sites for hydroxylation is 1. The van der Waals surface area contributed by atoms with Crippen LogP contribution in [0.4, 0.5) is 0 Å². The summed E-state index contributed by atoms with van der Waals surface area (Å²) in [5.41, 5.74) is 7.43. The second-order valence-corrected chi connectivity index (χ2v) is 4.89. The molecule has 1 aromatic heterocycles. The summed E-state index contributed by atoms with van der Waals surface area (Å²) in [6, 6.07) is 1.90. The van der Waals surface area contributed by atoms with Gasteiger partial charge in [0.25, 0.3) is 0 Å². The van der Waals surface area contributed by atoms with Crippen LogP contribution in [0.2, 0.25) is 0 Å². The van der Waals surface area contributed by atoms with Crippen molar-refractivity contribution in [3.05, 3.63) is 17.5 Å². The first-order valence-corrected chi connectivity index (χ1v) is 5.27. The van der Waals surface area contributed by atoms with Gasteiger partial charge in [-0.15, -0.1) is 0 Å². The predicted octanol–water partition coefficient (Wildman–Crippen LogP) is 0.657. The molecule has 0 amide bonds. The average Bonchev–Trinajstić information content (AvgIpc) is 2.60. The number of carbonyl (C=O) groups is 1. The highest BCUT2D eigenvalue weighted by atomic mass is 16.5. The van der Waals surface area contributed by atoms with E-state index >= 15 is 0 Å². The summed E-state index contributed by atoms with van der Waals surface area (Å²) in [5.74, 6) is -0.141. The number of esters is 1. The highest BCUT2D eigenvalue weighted by Crippen LogP contribution is 2.57. The molecule has 0 bridgehead atoms. The fourth-order valence-corrected chi connectivity index (χ4v) is 2.22. The summed E-state index contributed by atoms with van der Waals surface area (Å²) >= 11 is 0. The normalized spacial score (nSPS) is 26.6. The molecule has 1 fully saturated rings. The SMILES string of the molecule is COC(=O)c1cc([C@@H]2[C@@H](N)C2(C)C)n(C)n1. The van der Waals surface area contributed by atoms with Crippen LogP contribution in [-0.4, -0.2) is 28.9 Å². The number of nitrogens with zero attached hydrogens (tertiary/aromatic N) is 2. The van der Waals surface area contributed by atoms with Gasteiger partial charge < -0.3 is 10.5 Å². The molecule has 0 radical (unpaired) electrons. The third kappa shape index (κ3) is 1.43. The molecule has 0 spiro atoms. The van der Waals surface area contributed by atoms with E-state index in [0.717, 1.165) is 5.69 Å². The third-order valence-electron chi connectivity index (χ3n) is 3.54. The van der Waals surface area contributed by atoms with Crippen LogP contribution in [0.5, 0.6) is 0 Å². The highest BCUT2D eigenvalue weighted by Gasteiger charge is 2.57. The Bertz CT molecular complexity index is 436. The lowest BCUT2D eigenvalue weighted by Gasteiger charge is -2.01. The molecular formula is C11H17N3O2. The van der Waals surface area contributed by atoms with E-state index in [1.807, 2.05) is 7.05 Å². The van der Waals surface area contributed by atoms with Gasteiger partial charge in [-0.2, -0.15) is 5.10 Å². The van der Waals surface area contributed by atoms with E-state index in [0.29, 0.717) is 5.69 Å². The van der Waals surface area contributed by atoms with Gasteiger partial charge in [0, 0.05) is 24.7 Å². The Morgan fingerprint density at radius 2 is 2.19 bits per heavy atom. The Morgan fingerprint density at radius 1 is 1.62 bits per heavy atom. The van der Waals surface area contributed by atoms with Gasteiger partial charge in [-0.3, -0.25) is 4.68 Å². The van der Waals surface area contributed by atoms with Gasteiger partial charge in [-0.05, 0) is 11.5 Å². The van der Waals surface area contributed by atoms with Gasteiger partial charge >= 0.3 is 5.97 Å². The van der Waals surface area contributed by atoms with Crippen molar-refractivity contribution in [3.8, 4) is 0 Å². The topological polar surface area (TPSA) is 70.1 Å². The molecule has 1 aliphatic carbocycles. The molecule has 1 aromatic rings. The van der Waals surface area contributed by atoms with Gasteiger partial charge in [0.1, 0.15) is 0 Å².